The Labute approximate surface area is 169 Å². The van der Waals surface area contributed by atoms with Crippen molar-refractivity contribution in [2.75, 3.05) is 0 Å². The number of azo groups is 1. The number of nitrogens with zero attached hydrogens (tertiary/aromatic N) is 3. The maximum absolute atomic E-state index is 12.5. The molecular weight excluding hydrogens is 388 g/mol. The van der Waals surface area contributed by atoms with Crippen molar-refractivity contribution in [1.82, 2.24) is 9.97 Å². The number of hydrogen-bond donors (Lipinski definition) is 1. The molecule has 1 N–H and O–H groups in total. The van der Waals surface area contributed by atoms with E-state index in [0.717, 1.165) is 16.4 Å². The summed E-state index contributed by atoms with van der Waals surface area (Å²) in [6.45, 7) is 0. The van der Waals surface area contributed by atoms with E-state index in [4.69, 9.17) is 16.0 Å². The van der Waals surface area contributed by atoms with E-state index in [0.29, 0.717) is 33.4 Å². The Balaban J connectivity index is 1.55. The van der Waals surface area contributed by atoms with Crippen molar-refractivity contribution in [1.29, 1.82) is 0 Å². The van der Waals surface area contributed by atoms with Gasteiger partial charge in [0.15, 0.2) is 0 Å². The Kier molecular flexibility index (Phi) is 4.18. The molecule has 0 aliphatic rings. The number of fused-ring (bicyclic) bond motifs is 2. The number of aromatic amines is 1. The largest absolute Gasteiger partial charge is 0.422 e. The van der Waals surface area contributed by atoms with E-state index in [1.165, 1.54) is 0 Å². The number of H-pyrrole nitrogens is 1. The third kappa shape index (κ3) is 3.41. The van der Waals surface area contributed by atoms with E-state index in [2.05, 4.69) is 20.2 Å². The average molecular weight is 401 g/mol. The van der Waals surface area contributed by atoms with Gasteiger partial charge in [-0.3, -0.25) is 0 Å². The van der Waals surface area contributed by atoms with Crippen LogP contribution in [0.4, 0.5) is 11.4 Å². The fourth-order valence-electron chi connectivity index (χ4n) is 3.04. The van der Waals surface area contributed by atoms with Gasteiger partial charge in [0.1, 0.15) is 17.0 Å². The van der Waals surface area contributed by atoms with Crippen molar-refractivity contribution < 1.29 is 4.42 Å². The second-order valence-corrected chi connectivity index (χ2v) is 6.89. The second-order valence-electron chi connectivity index (χ2n) is 6.45. The minimum absolute atomic E-state index is 0.362. The van der Waals surface area contributed by atoms with E-state index in [-0.39, 0.29) is 0 Å². The van der Waals surface area contributed by atoms with Crippen LogP contribution in [0.25, 0.3) is 33.4 Å². The maximum Gasteiger partial charge on any atom is 0.347 e. The van der Waals surface area contributed by atoms with E-state index >= 15 is 0 Å². The van der Waals surface area contributed by atoms with Crippen molar-refractivity contribution in [3.05, 3.63) is 88.2 Å². The average Bonchev–Trinajstić information content (AvgIpc) is 3.17. The summed E-state index contributed by atoms with van der Waals surface area (Å²) in [5.41, 5.74) is 3.35. The van der Waals surface area contributed by atoms with E-state index in [9.17, 15) is 4.79 Å². The predicted molar refractivity (Wildman–Crippen MR) is 113 cm³/mol. The molecule has 0 saturated carbocycles. The first-order valence-corrected chi connectivity index (χ1v) is 9.24. The lowest BCUT2D eigenvalue weighted by molar-refractivity contribution is 0.563. The Morgan fingerprint density at radius 2 is 1.66 bits per heavy atom. The first-order valence-electron chi connectivity index (χ1n) is 8.86. The first-order chi connectivity index (χ1) is 14.2. The number of hydrogen-bond acceptors (Lipinski definition) is 5. The molecule has 0 bridgehead atoms. The van der Waals surface area contributed by atoms with Crippen LogP contribution in [-0.4, -0.2) is 9.97 Å². The lowest BCUT2D eigenvalue weighted by Crippen LogP contribution is -2.03. The number of halogens is 1. The lowest BCUT2D eigenvalue weighted by atomic mass is 10.1. The van der Waals surface area contributed by atoms with Gasteiger partial charge in [-0.05, 0) is 60.7 Å². The summed E-state index contributed by atoms with van der Waals surface area (Å²) in [5.74, 6) is 0.468. The molecule has 7 heteroatoms. The Morgan fingerprint density at radius 3 is 2.48 bits per heavy atom. The van der Waals surface area contributed by atoms with Gasteiger partial charge >= 0.3 is 5.63 Å². The molecule has 0 radical (unpaired) electrons. The molecule has 3 aromatic carbocycles. The van der Waals surface area contributed by atoms with Crippen LogP contribution in [0.15, 0.2) is 92.2 Å². The van der Waals surface area contributed by atoms with Crippen molar-refractivity contribution in [3.8, 4) is 11.4 Å². The molecule has 0 aliphatic carbocycles. The zero-order valence-electron chi connectivity index (χ0n) is 15.0. The van der Waals surface area contributed by atoms with Gasteiger partial charge in [0.25, 0.3) is 0 Å². The van der Waals surface area contributed by atoms with Crippen LogP contribution >= 0.6 is 11.6 Å². The van der Waals surface area contributed by atoms with Crippen LogP contribution in [0.1, 0.15) is 0 Å². The van der Waals surface area contributed by atoms with Gasteiger partial charge in [0.05, 0.1) is 22.4 Å². The number of imidazole rings is 1. The van der Waals surface area contributed by atoms with Crippen molar-refractivity contribution in [2.45, 2.75) is 0 Å². The maximum atomic E-state index is 12.5. The van der Waals surface area contributed by atoms with Crippen molar-refractivity contribution in [2.24, 2.45) is 10.2 Å². The second kappa shape index (κ2) is 7.00. The molecule has 0 aliphatic heterocycles. The molecule has 2 aromatic heterocycles. The van der Waals surface area contributed by atoms with Gasteiger partial charge in [-0.2, -0.15) is 10.2 Å². The molecule has 140 valence electrons. The van der Waals surface area contributed by atoms with Gasteiger partial charge < -0.3 is 9.40 Å². The van der Waals surface area contributed by atoms with Crippen LogP contribution < -0.4 is 5.63 Å². The van der Waals surface area contributed by atoms with Crippen LogP contribution in [0, 0.1) is 0 Å². The third-order valence-electron chi connectivity index (χ3n) is 4.47. The van der Waals surface area contributed by atoms with Gasteiger partial charge in [-0.1, -0.05) is 23.7 Å². The zero-order valence-corrected chi connectivity index (χ0v) is 15.7. The smallest absolute Gasteiger partial charge is 0.347 e. The van der Waals surface area contributed by atoms with Crippen LogP contribution in [0.5, 0.6) is 0 Å². The highest BCUT2D eigenvalue weighted by Gasteiger charge is 2.12. The molecule has 5 rings (SSSR count). The zero-order chi connectivity index (χ0) is 19.8. The highest BCUT2D eigenvalue weighted by molar-refractivity contribution is 6.30. The number of aromatic nitrogens is 2. The lowest BCUT2D eigenvalue weighted by Gasteiger charge is -2.01. The standard InChI is InChI=1S/C22H13ClN4O2/c23-14-5-7-15(8-6-14)26-27-16-9-10-20-13(11-16)12-17(22(28)29-20)21-24-18-3-1-2-4-19(18)25-21/h1-12H,(H,24,25). The number of rotatable bonds is 3. The van der Waals surface area contributed by atoms with E-state index in [1.807, 2.05) is 30.3 Å². The predicted octanol–water partition coefficient (Wildman–Crippen LogP) is 6.41. The quantitative estimate of drug-likeness (QED) is 0.280. The van der Waals surface area contributed by atoms with Gasteiger partial charge in [-0.15, -0.1) is 0 Å². The molecule has 0 atom stereocenters. The van der Waals surface area contributed by atoms with E-state index in [1.54, 1.807) is 42.5 Å². The molecule has 0 spiro atoms. The Morgan fingerprint density at radius 1 is 0.897 bits per heavy atom. The van der Waals surface area contributed by atoms with Gasteiger partial charge in [-0.25, -0.2) is 9.78 Å². The number of nitrogens with one attached hydrogen (secondary N) is 1. The summed E-state index contributed by atoms with van der Waals surface area (Å²) in [4.78, 5) is 20.1. The molecule has 6 nitrogen and oxygen atoms in total. The Bertz CT molecular complexity index is 1400. The SMILES string of the molecule is O=c1oc2ccc(N=Nc3ccc(Cl)cc3)cc2cc1-c1nc2ccccc2[nH]1. The number of para-hydroxylation sites is 2. The first kappa shape index (κ1) is 17.3. The summed E-state index contributed by atoms with van der Waals surface area (Å²) < 4.78 is 5.47. The fraction of sp³-hybridized carbons (Fsp3) is 0. The summed E-state index contributed by atoms with van der Waals surface area (Å²) in [6.07, 6.45) is 0. The minimum atomic E-state index is -0.452. The molecule has 0 unspecified atom stereocenters. The number of benzene rings is 3. The monoisotopic (exact) mass is 400 g/mol. The van der Waals surface area contributed by atoms with E-state index < -0.39 is 5.63 Å². The molecule has 0 amide bonds. The summed E-state index contributed by atoms with van der Waals surface area (Å²) in [7, 11) is 0. The third-order valence-corrected chi connectivity index (χ3v) is 4.72. The summed E-state index contributed by atoms with van der Waals surface area (Å²) in [6, 6.07) is 21.7. The van der Waals surface area contributed by atoms with Crippen LogP contribution in [0.2, 0.25) is 5.02 Å². The van der Waals surface area contributed by atoms with Gasteiger partial charge in [0, 0.05) is 10.4 Å². The molecule has 2 heterocycles. The Hall–Kier alpha value is -3.77. The normalized spacial score (nSPS) is 11.6. The topological polar surface area (TPSA) is 83.6 Å². The van der Waals surface area contributed by atoms with Gasteiger partial charge in [0.2, 0.25) is 0 Å². The van der Waals surface area contributed by atoms with Crippen molar-refractivity contribution >= 4 is 45.0 Å². The molecule has 29 heavy (non-hydrogen) atoms. The molecular formula is C22H13ClN4O2. The fourth-order valence-corrected chi connectivity index (χ4v) is 3.17. The highest BCUT2D eigenvalue weighted by Crippen LogP contribution is 2.26. The molecule has 0 fully saturated rings. The molecule has 5 aromatic rings. The summed E-state index contributed by atoms with van der Waals surface area (Å²) >= 11 is 5.88. The van der Waals surface area contributed by atoms with Crippen LogP contribution in [0.3, 0.4) is 0 Å². The highest BCUT2D eigenvalue weighted by atomic mass is 35.5. The van der Waals surface area contributed by atoms with Crippen molar-refractivity contribution in [3.63, 3.8) is 0 Å². The minimum Gasteiger partial charge on any atom is -0.422 e. The molecule has 0 saturated heterocycles. The summed E-state index contributed by atoms with van der Waals surface area (Å²) in [5, 5.41) is 9.83. The van der Waals surface area contributed by atoms with Crippen LogP contribution in [-0.2, 0) is 0 Å².